The van der Waals surface area contributed by atoms with Crippen molar-refractivity contribution in [3.63, 3.8) is 0 Å². The minimum absolute atomic E-state index is 0.0567. The van der Waals surface area contributed by atoms with Crippen molar-refractivity contribution in [1.29, 1.82) is 0 Å². The number of carbonyl (C=O) groups is 1. The summed E-state index contributed by atoms with van der Waals surface area (Å²) in [5, 5.41) is 3.02. The highest BCUT2D eigenvalue weighted by Gasteiger charge is 2.31. The highest BCUT2D eigenvalue weighted by molar-refractivity contribution is 7.99. The van der Waals surface area contributed by atoms with E-state index in [1.807, 2.05) is 65.6 Å². The molecule has 24 heavy (non-hydrogen) atoms. The first-order chi connectivity index (χ1) is 11.7. The van der Waals surface area contributed by atoms with Gasteiger partial charge in [-0.25, -0.2) is 0 Å². The molecule has 1 aliphatic rings. The Morgan fingerprint density at radius 3 is 2.54 bits per heavy atom. The number of hydrogen-bond acceptors (Lipinski definition) is 2. The molecule has 0 N–H and O–H groups in total. The van der Waals surface area contributed by atoms with Crippen LogP contribution in [0, 0.1) is 0 Å². The number of carbonyl (C=O) groups excluding carboxylic acids is 1. The van der Waals surface area contributed by atoms with Gasteiger partial charge in [0.2, 0.25) is 0 Å². The Bertz CT molecular complexity index is 894. The van der Waals surface area contributed by atoms with Crippen LogP contribution in [0.15, 0.2) is 66.7 Å². The van der Waals surface area contributed by atoms with Gasteiger partial charge in [-0.3, -0.25) is 4.79 Å². The van der Waals surface area contributed by atoms with Crippen LogP contribution in [0.1, 0.15) is 21.3 Å². The van der Waals surface area contributed by atoms with E-state index in [9.17, 15) is 4.79 Å². The third-order valence-corrected chi connectivity index (χ3v) is 5.82. The first-order valence-electron chi connectivity index (χ1n) is 7.89. The second-order valence-electron chi connectivity index (χ2n) is 5.84. The standard InChI is InChI=1S/C20H16ClNOS/c21-18-9-7-15(8-10-18)20-22(11-12-24-20)19(23)17-6-5-14-3-1-2-4-16(14)13-17/h1-10,13,20H,11-12H2. The van der Waals surface area contributed by atoms with E-state index >= 15 is 0 Å². The van der Waals surface area contributed by atoms with Crippen molar-refractivity contribution in [2.45, 2.75) is 5.37 Å². The average Bonchev–Trinajstić information content (AvgIpc) is 3.11. The zero-order valence-electron chi connectivity index (χ0n) is 13.0. The SMILES string of the molecule is O=C(c1ccc2ccccc2c1)N1CCSC1c1ccc(Cl)cc1. The second-order valence-corrected chi connectivity index (χ2v) is 7.46. The van der Waals surface area contributed by atoms with Crippen molar-refractivity contribution in [2.75, 3.05) is 12.3 Å². The van der Waals surface area contributed by atoms with Crippen LogP contribution >= 0.6 is 23.4 Å². The number of benzene rings is 3. The third kappa shape index (κ3) is 2.90. The van der Waals surface area contributed by atoms with Gasteiger partial charge in [-0.15, -0.1) is 11.8 Å². The Hall–Kier alpha value is -1.97. The van der Waals surface area contributed by atoms with E-state index in [2.05, 4.69) is 6.07 Å². The molecular formula is C20H16ClNOS. The molecule has 2 nitrogen and oxygen atoms in total. The van der Waals surface area contributed by atoms with Crippen molar-refractivity contribution in [3.8, 4) is 0 Å². The molecule has 1 saturated heterocycles. The number of rotatable bonds is 2. The molecule has 1 amide bonds. The van der Waals surface area contributed by atoms with Gasteiger partial charge in [-0.05, 0) is 40.6 Å². The van der Waals surface area contributed by atoms with Crippen LogP contribution in [0.25, 0.3) is 10.8 Å². The van der Waals surface area contributed by atoms with Crippen LogP contribution in [0.3, 0.4) is 0 Å². The molecule has 0 spiro atoms. The molecular weight excluding hydrogens is 338 g/mol. The molecule has 3 aromatic carbocycles. The molecule has 0 aliphatic carbocycles. The number of hydrogen-bond donors (Lipinski definition) is 0. The van der Waals surface area contributed by atoms with Crippen LogP contribution < -0.4 is 0 Å². The van der Waals surface area contributed by atoms with Crippen molar-refractivity contribution in [1.82, 2.24) is 4.90 Å². The van der Waals surface area contributed by atoms with Gasteiger partial charge in [0.15, 0.2) is 0 Å². The molecule has 1 atom stereocenters. The van der Waals surface area contributed by atoms with Crippen LogP contribution in [0.2, 0.25) is 5.02 Å². The van der Waals surface area contributed by atoms with Gasteiger partial charge in [-0.1, -0.05) is 54.1 Å². The van der Waals surface area contributed by atoms with E-state index in [1.54, 1.807) is 11.8 Å². The van der Waals surface area contributed by atoms with Gasteiger partial charge in [0.1, 0.15) is 5.37 Å². The van der Waals surface area contributed by atoms with E-state index in [1.165, 1.54) is 0 Å². The molecule has 0 bridgehead atoms. The van der Waals surface area contributed by atoms with Crippen LogP contribution in [-0.4, -0.2) is 23.1 Å². The molecule has 3 aromatic rings. The van der Waals surface area contributed by atoms with Crippen LogP contribution in [-0.2, 0) is 0 Å². The molecule has 0 saturated carbocycles. The van der Waals surface area contributed by atoms with Crippen molar-refractivity contribution >= 4 is 40.0 Å². The zero-order valence-corrected chi connectivity index (χ0v) is 14.6. The predicted molar refractivity (Wildman–Crippen MR) is 102 cm³/mol. The number of thioether (sulfide) groups is 1. The lowest BCUT2D eigenvalue weighted by molar-refractivity contribution is 0.0760. The number of nitrogens with zero attached hydrogens (tertiary/aromatic N) is 1. The fourth-order valence-electron chi connectivity index (χ4n) is 3.07. The van der Waals surface area contributed by atoms with Gasteiger partial charge in [0.25, 0.3) is 5.91 Å². The van der Waals surface area contributed by atoms with E-state index in [0.717, 1.165) is 34.2 Å². The molecule has 1 heterocycles. The second kappa shape index (κ2) is 6.50. The quantitative estimate of drug-likeness (QED) is 0.616. The van der Waals surface area contributed by atoms with E-state index in [4.69, 9.17) is 11.6 Å². The largest absolute Gasteiger partial charge is 0.322 e. The topological polar surface area (TPSA) is 20.3 Å². The van der Waals surface area contributed by atoms with Gasteiger partial charge in [0.05, 0.1) is 0 Å². The maximum absolute atomic E-state index is 13.0. The third-order valence-electron chi connectivity index (χ3n) is 4.30. The lowest BCUT2D eigenvalue weighted by atomic mass is 10.1. The summed E-state index contributed by atoms with van der Waals surface area (Å²) >= 11 is 7.78. The highest BCUT2D eigenvalue weighted by atomic mass is 35.5. The summed E-state index contributed by atoms with van der Waals surface area (Å²) < 4.78 is 0. The Morgan fingerprint density at radius 2 is 1.75 bits per heavy atom. The first-order valence-corrected chi connectivity index (χ1v) is 9.32. The summed E-state index contributed by atoms with van der Waals surface area (Å²) in [4.78, 5) is 15.0. The fraction of sp³-hybridized carbons (Fsp3) is 0.150. The molecule has 4 rings (SSSR count). The minimum Gasteiger partial charge on any atom is -0.322 e. The molecule has 1 fully saturated rings. The van der Waals surface area contributed by atoms with E-state index < -0.39 is 0 Å². The van der Waals surface area contributed by atoms with Crippen LogP contribution in [0.5, 0.6) is 0 Å². The number of halogens is 1. The maximum Gasteiger partial charge on any atom is 0.255 e. The van der Waals surface area contributed by atoms with Gasteiger partial charge in [-0.2, -0.15) is 0 Å². The summed E-state index contributed by atoms with van der Waals surface area (Å²) in [6, 6.07) is 21.8. The molecule has 1 unspecified atom stereocenters. The minimum atomic E-state index is 0.0567. The Morgan fingerprint density at radius 1 is 1.00 bits per heavy atom. The number of amides is 1. The molecule has 1 aliphatic heterocycles. The van der Waals surface area contributed by atoms with Crippen LogP contribution in [0.4, 0.5) is 0 Å². The summed E-state index contributed by atoms with van der Waals surface area (Å²) in [6.45, 7) is 0.767. The monoisotopic (exact) mass is 353 g/mol. The smallest absolute Gasteiger partial charge is 0.255 e. The summed E-state index contributed by atoms with van der Waals surface area (Å²) in [7, 11) is 0. The Balaban J connectivity index is 1.65. The van der Waals surface area contributed by atoms with Crippen molar-refractivity contribution in [2.24, 2.45) is 0 Å². The highest BCUT2D eigenvalue weighted by Crippen LogP contribution is 2.39. The summed E-state index contributed by atoms with van der Waals surface area (Å²) in [5.41, 5.74) is 1.87. The van der Waals surface area contributed by atoms with E-state index in [-0.39, 0.29) is 11.3 Å². The maximum atomic E-state index is 13.0. The lowest BCUT2D eigenvalue weighted by Crippen LogP contribution is -2.30. The zero-order chi connectivity index (χ0) is 16.5. The van der Waals surface area contributed by atoms with Crippen molar-refractivity contribution < 1.29 is 4.79 Å². The number of fused-ring (bicyclic) bond motifs is 1. The van der Waals surface area contributed by atoms with E-state index in [0.29, 0.717) is 5.02 Å². The van der Waals surface area contributed by atoms with Gasteiger partial charge in [0, 0.05) is 22.9 Å². The first kappa shape index (κ1) is 15.6. The molecule has 0 radical (unpaired) electrons. The molecule has 120 valence electrons. The van der Waals surface area contributed by atoms with Crippen molar-refractivity contribution in [3.05, 3.63) is 82.9 Å². The lowest BCUT2D eigenvalue weighted by Gasteiger charge is -2.24. The normalized spacial score (nSPS) is 17.4. The summed E-state index contributed by atoms with van der Waals surface area (Å²) in [6.07, 6.45) is 0. The predicted octanol–water partition coefficient (Wildman–Crippen LogP) is 5.38. The molecule has 4 heteroatoms. The fourth-order valence-corrected chi connectivity index (χ4v) is 4.45. The van der Waals surface area contributed by atoms with Gasteiger partial charge >= 0.3 is 0 Å². The molecule has 0 aromatic heterocycles. The average molecular weight is 354 g/mol. The summed E-state index contributed by atoms with van der Waals surface area (Å²) in [5.74, 6) is 1.04. The van der Waals surface area contributed by atoms with Gasteiger partial charge < -0.3 is 4.90 Å². The Labute approximate surface area is 150 Å². The Kier molecular flexibility index (Phi) is 4.21.